The van der Waals surface area contributed by atoms with Gasteiger partial charge in [0.2, 0.25) is 0 Å². The quantitative estimate of drug-likeness (QED) is 0.834. The van der Waals surface area contributed by atoms with Gasteiger partial charge >= 0.3 is 6.18 Å². The molecule has 106 valence electrons. The molecule has 0 atom stereocenters. The second kappa shape index (κ2) is 5.23. The summed E-state index contributed by atoms with van der Waals surface area (Å²) in [4.78, 5) is 11.6. The summed E-state index contributed by atoms with van der Waals surface area (Å²) in [7, 11) is 0. The highest BCUT2D eigenvalue weighted by Crippen LogP contribution is 2.32. The van der Waals surface area contributed by atoms with Gasteiger partial charge in [-0.05, 0) is 12.1 Å². The van der Waals surface area contributed by atoms with Crippen LogP contribution >= 0.6 is 0 Å². The molecule has 1 aromatic heterocycles. The van der Waals surface area contributed by atoms with Gasteiger partial charge in [0.25, 0.3) is 5.91 Å². The molecular formula is C10H7F4N5O. The van der Waals surface area contributed by atoms with Gasteiger partial charge in [0, 0.05) is 0 Å². The number of hydrogen-bond donors (Lipinski definition) is 2. The highest BCUT2D eigenvalue weighted by molar-refractivity contribution is 5.94. The normalized spacial score (nSPS) is 11.4. The van der Waals surface area contributed by atoms with Crippen molar-refractivity contribution in [3.63, 3.8) is 0 Å². The number of amides is 1. The van der Waals surface area contributed by atoms with Crippen molar-refractivity contribution in [1.82, 2.24) is 25.9 Å². The van der Waals surface area contributed by atoms with Gasteiger partial charge in [-0.3, -0.25) is 4.79 Å². The molecule has 2 N–H and O–H groups in total. The van der Waals surface area contributed by atoms with Crippen LogP contribution in [-0.4, -0.2) is 26.5 Å². The second-order valence-corrected chi connectivity index (χ2v) is 3.68. The molecule has 2 rings (SSSR count). The number of aromatic amines is 1. The van der Waals surface area contributed by atoms with Crippen molar-refractivity contribution < 1.29 is 22.4 Å². The van der Waals surface area contributed by atoms with Gasteiger partial charge in [-0.15, -0.1) is 10.2 Å². The first-order chi connectivity index (χ1) is 9.39. The van der Waals surface area contributed by atoms with Gasteiger partial charge in [-0.2, -0.15) is 18.4 Å². The van der Waals surface area contributed by atoms with E-state index in [9.17, 15) is 22.4 Å². The van der Waals surface area contributed by atoms with Crippen LogP contribution < -0.4 is 5.32 Å². The minimum Gasteiger partial charge on any atom is -0.344 e. The molecular weight excluding hydrogens is 282 g/mol. The molecule has 0 bridgehead atoms. The van der Waals surface area contributed by atoms with Crippen molar-refractivity contribution in [2.45, 2.75) is 12.7 Å². The van der Waals surface area contributed by atoms with E-state index in [4.69, 9.17) is 0 Å². The number of benzene rings is 1. The van der Waals surface area contributed by atoms with Crippen LogP contribution in [0.25, 0.3) is 0 Å². The molecule has 0 aliphatic carbocycles. The first-order valence-corrected chi connectivity index (χ1v) is 5.26. The molecule has 10 heteroatoms. The highest BCUT2D eigenvalue weighted by atomic mass is 19.4. The lowest BCUT2D eigenvalue weighted by atomic mass is 10.1. The number of H-pyrrole nitrogens is 1. The predicted molar refractivity (Wildman–Crippen MR) is 56.7 cm³/mol. The molecule has 0 unspecified atom stereocenters. The minimum atomic E-state index is -4.87. The van der Waals surface area contributed by atoms with Crippen molar-refractivity contribution in [2.24, 2.45) is 0 Å². The van der Waals surface area contributed by atoms with E-state index >= 15 is 0 Å². The maximum absolute atomic E-state index is 13.7. The van der Waals surface area contributed by atoms with Crippen LogP contribution in [0, 0.1) is 5.82 Å². The zero-order chi connectivity index (χ0) is 14.8. The third kappa shape index (κ3) is 2.90. The van der Waals surface area contributed by atoms with Crippen LogP contribution in [0.5, 0.6) is 0 Å². The number of carbonyl (C=O) groups excluding carboxylic acids is 1. The summed E-state index contributed by atoms with van der Waals surface area (Å²) >= 11 is 0. The SMILES string of the molecule is O=C(NCc1nn[nH]n1)c1cccc(C(F)(F)F)c1F. The minimum absolute atomic E-state index is 0.116. The van der Waals surface area contributed by atoms with E-state index in [-0.39, 0.29) is 12.4 Å². The average molecular weight is 289 g/mol. The van der Waals surface area contributed by atoms with Gasteiger partial charge in [0.05, 0.1) is 17.7 Å². The van der Waals surface area contributed by atoms with Crippen LogP contribution in [0.1, 0.15) is 21.7 Å². The Morgan fingerprint density at radius 2 is 2.10 bits per heavy atom. The summed E-state index contributed by atoms with van der Waals surface area (Å²) in [5, 5.41) is 14.6. The van der Waals surface area contributed by atoms with Gasteiger partial charge in [-0.25, -0.2) is 4.39 Å². The van der Waals surface area contributed by atoms with Crippen LogP contribution in [0.3, 0.4) is 0 Å². The molecule has 1 aromatic carbocycles. The number of rotatable bonds is 3. The summed E-state index contributed by atoms with van der Waals surface area (Å²) < 4.78 is 51.1. The van der Waals surface area contributed by atoms with Crippen LogP contribution in [0.15, 0.2) is 18.2 Å². The monoisotopic (exact) mass is 289 g/mol. The molecule has 0 saturated heterocycles. The van der Waals surface area contributed by atoms with Gasteiger partial charge in [0.1, 0.15) is 5.82 Å². The fourth-order valence-electron chi connectivity index (χ4n) is 1.44. The molecule has 6 nitrogen and oxygen atoms in total. The van der Waals surface area contributed by atoms with E-state index in [0.29, 0.717) is 6.07 Å². The van der Waals surface area contributed by atoms with Gasteiger partial charge < -0.3 is 5.32 Å². The first-order valence-electron chi connectivity index (χ1n) is 5.26. The fraction of sp³-hybridized carbons (Fsp3) is 0.200. The van der Waals surface area contributed by atoms with E-state index in [1.807, 2.05) is 0 Å². The fourth-order valence-corrected chi connectivity index (χ4v) is 1.44. The standard InChI is InChI=1S/C10H7F4N5O/c11-8-5(2-1-3-6(8)10(12,13)14)9(20)15-4-7-16-18-19-17-7/h1-3H,4H2,(H,15,20)(H,16,17,18,19). The Balaban J connectivity index is 2.18. The summed E-state index contributed by atoms with van der Waals surface area (Å²) in [6.07, 6.45) is -4.87. The summed E-state index contributed by atoms with van der Waals surface area (Å²) in [5.74, 6) is -2.50. The molecule has 0 spiro atoms. The molecule has 0 aliphatic rings. The van der Waals surface area contributed by atoms with Crippen molar-refractivity contribution in [2.75, 3.05) is 0 Å². The van der Waals surface area contributed by atoms with Crippen LogP contribution in [0.4, 0.5) is 17.6 Å². The largest absolute Gasteiger partial charge is 0.419 e. The highest BCUT2D eigenvalue weighted by Gasteiger charge is 2.35. The molecule has 1 heterocycles. The summed E-state index contributed by atoms with van der Waals surface area (Å²) in [5.41, 5.74) is -2.20. The van der Waals surface area contributed by atoms with Crippen LogP contribution in [-0.2, 0) is 12.7 Å². The Labute approximate surface area is 109 Å². The second-order valence-electron chi connectivity index (χ2n) is 3.68. The first kappa shape index (κ1) is 13.9. The Morgan fingerprint density at radius 3 is 2.70 bits per heavy atom. The summed E-state index contributed by atoms with van der Waals surface area (Å²) in [6.45, 7) is -0.189. The third-order valence-electron chi connectivity index (χ3n) is 2.35. The van der Waals surface area contributed by atoms with E-state index in [1.54, 1.807) is 0 Å². The van der Waals surface area contributed by atoms with Crippen molar-refractivity contribution >= 4 is 5.91 Å². The number of aromatic nitrogens is 4. The number of nitrogens with zero attached hydrogens (tertiary/aromatic N) is 3. The Bertz CT molecular complexity index is 611. The number of carbonyl (C=O) groups is 1. The smallest absolute Gasteiger partial charge is 0.344 e. The number of tetrazole rings is 1. The predicted octanol–water partition coefficient (Wildman–Crippen LogP) is 1.29. The number of nitrogens with one attached hydrogen (secondary N) is 2. The third-order valence-corrected chi connectivity index (χ3v) is 2.35. The molecule has 0 aliphatic heterocycles. The van der Waals surface area contributed by atoms with E-state index in [1.165, 1.54) is 0 Å². The Kier molecular flexibility index (Phi) is 3.63. The summed E-state index contributed by atoms with van der Waals surface area (Å²) in [6, 6.07) is 2.47. The van der Waals surface area contributed by atoms with Crippen LogP contribution in [0.2, 0.25) is 0 Å². The molecule has 0 fully saturated rings. The number of alkyl halides is 3. The lowest BCUT2D eigenvalue weighted by molar-refractivity contribution is -0.140. The maximum atomic E-state index is 13.7. The van der Waals surface area contributed by atoms with E-state index in [2.05, 4.69) is 25.9 Å². The van der Waals surface area contributed by atoms with Crippen molar-refractivity contribution in [3.8, 4) is 0 Å². The topological polar surface area (TPSA) is 83.6 Å². The molecule has 20 heavy (non-hydrogen) atoms. The molecule has 0 radical (unpaired) electrons. The lowest BCUT2D eigenvalue weighted by Gasteiger charge is -2.10. The Morgan fingerprint density at radius 1 is 1.35 bits per heavy atom. The van der Waals surface area contributed by atoms with Crippen molar-refractivity contribution in [1.29, 1.82) is 0 Å². The Hall–Kier alpha value is -2.52. The molecule has 1 amide bonds. The van der Waals surface area contributed by atoms with Gasteiger partial charge in [0.15, 0.2) is 5.82 Å². The molecule has 2 aromatic rings. The number of hydrogen-bond acceptors (Lipinski definition) is 4. The zero-order valence-electron chi connectivity index (χ0n) is 9.70. The molecule has 0 saturated carbocycles. The van der Waals surface area contributed by atoms with Gasteiger partial charge in [-0.1, -0.05) is 11.3 Å². The van der Waals surface area contributed by atoms with E-state index < -0.39 is 29.0 Å². The van der Waals surface area contributed by atoms with E-state index in [0.717, 1.165) is 12.1 Å². The van der Waals surface area contributed by atoms with Crippen molar-refractivity contribution in [3.05, 3.63) is 41.0 Å². The number of halogens is 4. The zero-order valence-corrected chi connectivity index (χ0v) is 9.70. The average Bonchev–Trinajstić information content (AvgIpc) is 2.88. The lowest BCUT2D eigenvalue weighted by Crippen LogP contribution is -2.25. The maximum Gasteiger partial charge on any atom is 0.419 e.